The van der Waals surface area contributed by atoms with E-state index in [0.717, 1.165) is 11.1 Å². The first-order valence-corrected chi connectivity index (χ1v) is 7.75. The summed E-state index contributed by atoms with van der Waals surface area (Å²) in [7, 11) is 0. The molecule has 4 rings (SSSR count). The first kappa shape index (κ1) is 15.1. The maximum absolute atomic E-state index is 12.5. The number of carbonyl (C=O) groups is 1. The lowest BCUT2D eigenvalue weighted by Crippen LogP contribution is -2.32. The highest BCUT2D eigenvalue weighted by Crippen LogP contribution is 2.23. The van der Waals surface area contributed by atoms with Gasteiger partial charge in [0.15, 0.2) is 0 Å². The number of aromatic nitrogens is 3. The summed E-state index contributed by atoms with van der Waals surface area (Å²) in [5.41, 5.74) is 1.62. The summed E-state index contributed by atoms with van der Waals surface area (Å²) in [6, 6.07) is 12.8. The van der Waals surface area contributed by atoms with Gasteiger partial charge in [0, 0.05) is 11.6 Å². The number of nitrogens with zero attached hydrogens (tertiary/aromatic N) is 3. The van der Waals surface area contributed by atoms with Gasteiger partial charge in [-0.25, -0.2) is 4.98 Å². The van der Waals surface area contributed by atoms with E-state index in [9.17, 15) is 9.59 Å². The predicted molar refractivity (Wildman–Crippen MR) is 91.9 cm³/mol. The highest BCUT2D eigenvalue weighted by Gasteiger charge is 2.14. The molecule has 0 spiro atoms. The van der Waals surface area contributed by atoms with Crippen LogP contribution in [0.15, 0.2) is 64.2 Å². The molecule has 0 saturated heterocycles. The molecule has 4 aromatic rings. The Balaban J connectivity index is 1.57. The van der Waals surface area contributed by atoms with Crippen LogP contribution < -0.4 is 10.9 Å². The number of amides is 1. The van der Waals surface area contributed by atoms with Crippen molar-refractivity contribution in [3.05, 3.63) is 71.0 Å². The highest BCUT2D eigenvalue weighted by atomic mass is 16.3. The second-order valence-corrected chi connectivity index (χ2v) is 5.55. The van der Waals surface area contributed by atoms with Gasteiger partial charge in [0.05, 0.1) is 18.6 Å². The molecule has 0 aliphatic heterocycles. The van der Waals surface area contributed by atoms with Gasteiger partial charge in [-0.1, -0.05) is 18.2 Å². The molecule has 7 nitrogen and oxygen atoms in total. The SMILES string of the molecule is O=C(Cn1cnc2c(oc3ccccc32)c1=O)NCc1ccccn1. The van der Waals surface area contributed by atoms with Crippen LogP contribution in [0.2, 0.25) is 0 Å². The molecule has 3 heterocycles. The molecule has 25 heavy (non-hydrogen) atoms. The fourth-order valence-electron chi connectivity index (χ4n) is 2.63. The van der Waals surface area contributed by atoms with E-state index >= 15 is 0 Å². The number of hydrogen-bond acceptors (Lipinski definition) is 5. The molecule has 1 aromatic carbocycles. The molecule has 0 unspecified atom stereocenters. The Kier molecular flexibility index (Phi) is 3.74. The van der Waals surface area contributed by atoms with E-state index in [-0.39, 0.29) is 23.6 Å². The minimum atomic E-state index is -0.380. The maximum atomic E-state index is 12.5. The quantitative estimate of drug-likeness (QED) is 0.615. The largest absolute Gasteiger partial charge is 0.448 e. The van der Waals surface area contributed by atoms with Gasteiger partial charge < -0.3 is 9.73 Å². The summed E-state index contributed by atoms with van der Waals surface area (Å²) in [4.78, 5) is 33.0. The number of carbonyl (C=O) groups excluding carboxylic acids is 1. The molecule has 1 amide bonds. The first-order chi connectivity index (χ1) is 12.2. The Morgan fingerprint density at radius 3 is 2.80 bits per heavy atom. The van der Waals surface area contributed by atoms with E-state index in [1.807, 2.05) is 30.3 Å². The van der Waals surface area contributed by atoms with Gasteiger partial charge in [-0.05, 0) is 24.3 Å². The fourth-order valence-corrected chi connectivity index (χ4v) is 2.63. The molecule has 1 N–H and O–H groups in total. The Hall–Kier alpha value is -3.48. The van der Waals surface area contributed by atoms with Crippen molar-refractivity contribution in [1.82, 2.24) is 19.9 Å². The third-order valence-electron chi connectivity index (χ3n) is 3.86. The summed E-state index contributed by atoms with van der Waals surface area (Å²) in [5.74, 6) is -0.301. The second-order valence-electron chi connectivity index (χ2n) is 5.55. The lowest BCUT2D eigenvalue weighted by Gasteiger charge is -2.06. The predicted octanol–water partition coefficient (Wildman–Crippen LogP) is 1.85. The summed E-state index contributed by atoms with van der Waals surface area (Å²) in [5, 5.41) is 3.51. The van der Waals surface area contributed by atoms with Gasteiger partial charge in [0.25, 0.3) is 5.56 Å². The molecule has 124 valence electrons. The van der Waals surface area contributed by atoms with E-state index in [1.165, 1.54) is 10.9 Å². The number of hydrogen-bond donors (Lipinski definition) is 1. The first-order valence-electron chi connectivity index (χ1n) is 7.75. The summed E-state index contributed by atoms with van der Waals surface area (Å²) in [6.07, 6.45) is 3.03. The van der Waals surface area contributed by atoms with Crippen molar-refractivity contribution in [2.45, 2.75) is 13.1 Å². The van der Waals surface area contributed by atoms with Crippen molar-refractivity contribution < 1.29 is 9.21 Å². The molecule has 0 aliphatic rings. The molecule has 0 saturated carbocycles. The van der Waals surface area contributed by atoms with Crippen molar-refractivity contribution in [1.29, 1.82) is 0 Å². The Morgan fingerprint density at radius 2 is 1.96 bits per heavy atom. The molecule has 0 radical (unpaired) electrons. The van der Waals surface area contributed by atoms with Crippen LogP contribution in [0.4, 0.5) is 0 Å². The van der Waals surface area contributed by atoms with Crippen LogP contribution in [0.25, 0.3) is 22.1 Å². The zero-order valence-corrected chi connectivity index (χ0v) is 13.2. The van der Waals surface area contributed by atoms with Crippen LogP contribution in [0.5, 0.6) is 0 Å². The highest BCUT2D eigenvalue weighted by molar-refractivity contribution is 6.01. The van der Waals surface area contributed by atoms with Gasteiger partial charge in [0.2, 0.25) is 11.5 Å². The Morgan fingerprint density at radius 1 is 1.12 bits per heavy atom. The normalized spacial score (nSPS) is 11.0. The molecule has 0 fully saturated rings. The maximum Gasteiger partial charge on any atom is 0.297 e. The molecular weight excluding hydrogens is 320 g/mol. The monoisotopic (exact) mass is 334 g/mol. The zero-order chi connectivity index (χ0) is 17.2. The number of nitrogens with one attached hydrogen (secondary N) is 1. The van der Waals surface area contributed by atoms with Gasteiger partial charge in [-0.2, -0.15) is 0 Å². The van der Waals surface area contributed by atoms with Crippen LogP contribution in [-0.2, 0) is 17.9 Å². The molecular formula is C18H14N4O3. The standard InChI is InChI=1S/C18H14N4O3/c23-15(20-9-12-5-3-4-8-19-12)10-22-11-21-16-13-6-1-2-7-14(13)25-17(16)18(22)24/h1-8,11H,9-10H2,(H,20,23). The summed E-state index contributed by atoms with van der Waals surface area (Å²) in [6.45, 7) is 0.167. The van der Waals surface area contributed by atoms with E-state index in [0.29, 0.717) is 17.6 Å². The number of pyridine rings is 1. The van der Waals surface area contributed by atoms with Crippen LogP contribution in [0.1, 0.15) is 5.69 Å². The second kappa shape index (κ2) is 6.20. The molecule has 0 bridgehead atoms. The van der Waals surface area contributed by atoms with Crippen molar-refractivity contribution >= 4 is 28.0 Å². The molecule has 7 heteroatoms. The average Bonchev–Trinajstić information content (AvgIpc) is 3.03. The average molecular weight is 334 g/mol. The number of fused-ring (bicyclic) bond motifs is 3. The third-order valence-corrected chi connectivity index (χ3v) is 3.86. The van der Waals surface area contributed by atoms with Crippen LogP contribution in [-0.4, -0.2) is 20.4 Å². The van der Waals surface area contributed by atoms with Gasteiger partial charge >= 0.3 is 0 Å². The number of rotatable bonds is 4. The number of furan rings is 1. The Bertz CT molecular complexity index is 1120. The van der Waals surface area contributed by atoms with Crippen LogP contribution in [0.3, 0.4) is 0 Å². The summed E-state index contributed by atoms with van der Waals surface area (Å²) < 4.78 is 6.83. The zero-order valence-electron chi connectivity index (χ0n) is 13.2. The minimum Gasteiger partial charge on any atom is -0.448 e. The third kappa shape index (κ3) is 2.87. The number of benzene rings is 1. The van der Waals surface area contributed by atoms with Gasteiger partial charge in [-0.15, -0.1) is 0 Å². The van der Waals surface area contributed by atoms with Gasteiger partial charge in [0.1, 0.15) is 17.6 Å². The van der Waals surface area contributed by atoms with Crippen LogP contribution in [0, 0.1) is 0 Å². The van der Waals surface area contributed by atoms with Gasteiger partial charge in [-0.3, -0.25) is 19.1 Å². The summed E-state index contributed by atoms with van der Waals surface area (Å²) >= 11 is 0. The van der Waals surface area contributed by atoms with Crippen molar-refractivity contribution in [3.63, 3.8) is 0 Å². The minimum absolute atomic E-state index is 0.133. The van der Waals surface area contributed by atoms with Crippen molar-refractivity contribution in [3.8, 4) is 0 Å². The lowest BCUT2D eigenvalue weighted by molar-refractivity contribution is -0.121. The van der Waals surface area contributed by atoms with Crippen molar-refractivity contribution in [2.24, 2.45) is 0 Å². The fraction of sp³-hybridized carbons (Fsp3) is 0.111. The lowest BCUT2D eigenvalue weighted by atomic mass is 10.2. The smallest absolute Gasteiger partial charge is 0.297 e. The van der Waals surface area contributed by atoms with E-state index in [4.69, 9.17) is 4.42 Å². The van der Waals surface area contributed by atoms with E-state index in [1.54, 1.807) is 18.3 Å². The number of para-hydroxylation sites is 1. The van der Waals surface area contributed by atoms with Crippen molar-refractivity contribution in [2.75, 3.05) is 0 Å². The molecule has 0 atom stereocenters. The topological polar surface area (TPSA) is 90.0 Å². The van der Waals surface area contributed by atoms with Crippen LogP contribution >= 0.6 is 0 Å². The van der Waals surface area contributed by atoms with E-state index in [2.05, 4.69) is 15.3 Å². The molecule has 0 aliphatic carbocycles. The van der Waals surface area contributed by atoms with E-state index < -0.39 is 0 Å². The molecule has 3 aromatic heterocycles. The Labute approximate surface area is 141 Å².